The summed E-state index contributed by atoms with van der Waals surface area (Å²) in [4.78, 5) is 18.4. The van der Waals surface area contributed by atoms with Crippen LogP contribution in [0.1, 0.15) is 36.4 Å². The molecule has 1 aliphatic heterocycles. The van der Waals surface area contributed by atoms with Crippen molar-refractivity contribution in [2.24, 2.45) is 0 Å². The summed E-state index contributed by atoms with van der Waals surface area (Å²) in [6.07, 6.45) is 5.21. The summed E-state index contributed by atoms with van der Waals surface area (Å²) < 4.78 is 10.6. The van der Waals surface area contributed by atoms with Crippen LogP contribution in [-0.4, -0.2) is 57.4 Å². The van der Waals surface area contributed by atoms with Gasteiger partial charge in [-0.25, -0.2) is 0 Å². The van der Waals surface area contributed by atoms with E-state index >= 15 is 0 Å². The lowest BCUT2D eigenvalue weighted by Gasteiger charge is -2.26. The molecule has 0 radical (unpaired) electrons. The lowest BCUT2D eigenvalue weighted by Crippen LogP contribution is -2.40. The molecule has 0 saturated carbocycles. The van der Waals surface area contributed by atoms with Gasteiger partial charge in [-0.2, -0.15) is 10.1 Å². The maximum Gasteiger partial charge on any atom is 0.227 e. The summed E-state index contributed by atoms with van der Waals surface area (Å²) in [6, 6.07) is 0. The van der Waals surface area contributed by atoms with Gasteiger partial charge in [0.2, 0.25) is 17.6 Å². The van der Waals surface area contributed by atoms with Gasteiger partial charge in [-0.3, -0.25) is 9.89 Å². The molecule has 0 atom stereocenters. The molecule has 0 bridgehead atoms. The number of carbonyl (C=O) groups is 1. The average Bonchev–Trinajstić information content (AvgIpc) is 3.27. The number of nitrogens with one attached hydrogen (secondary N) is 1. The zero-order valence-electron chi connectivity index (χ0n) is 13.6. The molecule has 0 spiro atoms. The van der Waals surface area contributed by atoms with Crippen molar-refractivity contribution in [3.63, 3.8) is 0 Å². The highest BCUT2D eigenvalue weighted by molar-refractivity contribution is 5.76. The summed E-state index contributed by atoms with van der Waals surface area (Å²) in [5, 5.41) is 11.5. The summed E-state index contributed by atoms with van der Waals surface area (Å²) in [6.45, 7) is 2.54. The van der Waals surface area contributed by atoms with E-state index in [1.807, 2.05) is 4.90 Å². The maximum absolute atomic E-state index is 12.2. The van der Waals surface area contributed by atoms with E-state index < -0.39 is 0 Å². The van der Waals surface area contributed by atoms with Crippen molar-refractivity contribution in [1.29, 1.82) is 0 Å². The van der Waals surface area contributed by atoms with Crippen LogP contribution in [0.2, 0.25) is 0 Å². The van der Waals surface area contributed by atoms with E-state index in [0.717, 1.165) is 25.0 Å². The first-order valence-corrected chi connectivity index (χ1v) is 8.56. The van der Waals surface area contributed by atoms with Gasteiger partial charge in [0.25, 0.3) is 0 Å². The Bertz CT molecular complexity index is 717. The van der Waals surface area contributed by atoms with Gasteiger partial charge in [-0.05, 0) is 25.7 Å². The quantitative estimate of drug-likeness (QED) is 0.902. The van der Waals surface area contributed by atoms with E-state index in [1.165, 1.54) is 17.7 Å². The summed E-state index contributed by atoms with van der Waals surface area (Å²) in [5.74, 6) is 1.11. The van der Waals surface area contributed by atoms with Crippen LogP contribution in [0.4, 0.5) is 0 Å². The Labute approximate surface area is 139 Å². The highest BCUT2D eigenvalue weighted by Gasteiger charge is 2.22. The summed E-state index contributed by atoms with van der Waals surface area (Å²) in [5.41, 5.74) is 3.18. The standard InChI is InChI=1S/C16H21N5O3/c22-14(21-7-9-23-10-8-21)6-5-13-17-16(20-24-13)15-11-3-1-2-4-12(11)18-19-15/h1-10H2,(H,18,19). The molecule has 2 aliphatic rings. The predicted octanol–water partition coefficient (Wildman–Crippen LogP) is 1.13. The van der Waals surface area contributed by atoms with Crippen LogP contribution in [0.25, 0.3) is 11.5 Å². The first kappa shape index (κ1) is 15.3. The minimum Gasteiger partial charge on any atom is -0.378 e. The van der Waals surface area contributed by atoms with E-state index in [-0.39, 0.29) is 5.91 Å². The Hall–Kier alpha value is -2.22. The predicted molar refractivity (Wildman–Crippen MR) is 84.2 cm³/mol. The molecule has 1 fully saturated rings. The molecule has 2 aromatic rings. The molecule has 0 aromatic carbocycles. The van der Waals surface area contributed by atoms with Gasteiger partial charge in [-0.1, -0.05) is 5.16 Å². The van der Waals surface area contributed by atoms with E-state index in [2.05, 4.69) is 20.3 Å². The number of carbonyl (C=O) groups excluding carboxylic acids is 1. The molecule has 1 N–H and O–H groups in total. The normalized spacial score (nSPS) is 17.8. The Morgan fingerprint density at radius 3 is 2.92 bits per heavy atom. The zero-order valence-corrected chi connectivity index (χ0v) is 13.6. The van der Waals surface area contributed by atoms with E-state index in [9.17, 15) is 4.79 Å². The van der Waals surface area contributed by atoms with Gasteiger partial charge in [0, 0.05) is 37.2 Å². The van der Waals surface area contributed by atoms with Crippen molar-refractivity contribution in [2.45, 2.75) is 38.5 Å². The molecule has 1 saturated heterocycles. The average molecular weight is 331 g/mol. The van der Waals surface area contributed by atoms with Crippen molar-refractivity contribution >= 4 is 5.91 Å². The minimum atomic E-state index is 0.107. The van der Waals surface area contributed by atoms with Crippen molar-refractivity contribution in [3.8, 4) is 11.5 Å². The van der Waals surface area contributed by atoms with Gasteiger partial charge < -0.3 is 14.2 Å². The first-order valence-electron chi connectivity index (χ1n) is 8.56. The van der Waals surface area contributed by atoms with Gasteiger partial charge in [0.1, 0.15) is 5.69 Å². The Balaban J connectivity index is 1.40. The van der Waals surface area contributed by atoms with Crippen LogP contribution >= 0.6 is 0 Å². The topological polar surface area (TPSA) is 97.1 Å². The second kappa shape index (κ2) is 6.72. The van der Waals surface area contributed by atoms with Gasteiger partial charge >= 0.3 is 0 Å². The Morgan fingerprint density at radius 1 is 1.21 bits per heavy atom. The number of hydrogen-bond acceptors (Lipinski definition) is 6. The van der Waals surface area contributed by atoms with Crippen LogP contribution in [0, 0.1) is 0 Å². The Kier molecular flexibility index (Phi) is 4.29. The van der Waals surface area contributed by atoms with Crippen LogP contribution in [0.3, 0.4) is 0 Å². The van der Waals surface area contributed by atoms with E-state index in [4.69, 9.17) is 9.26 Å². The number of ether oxygens (including phenoxy) is 1. The number of aromatic nitrogens is 4. The van der Waals surface area contributed by atoms with Crippen LogP contribution < -0.4 is 0 Å². The van der Waals surface area contributed by atoms with Gasteiger partial charge in [0.05, 0.1) is 13.2 Å². The fourth-order valence-electron chi connectivity index (χ4n) is 3.30. The molecule has 8 nitrogen and oxygen atoms in total. The number of aryl methyl sites for hydroxylation is 2. The van der Waals surface area contributed by atoms with Crippen molar-refractivity contribution in [3.05, 3.63) is 17.1 Å². The van der Waals surface area contributed by atoms with Gasteiger partial charge in [0.15, 0.2) is 0 Å². The van der Waals surface area contributed by atoms with Crippen molar-refractivity contribution in [1.82, 2.24) is 25.2 Å². The zero-order chi connectivity index (χ0) is 16.4. The molecule has 1 aliphatic carbocycles. The van der Waals surface area contributed by atoms with E-state index in [1.54, 1.807) is 0 Å². The van der Waals surface area contributed by atoms with E-state index in [0.29, 0.717) is 50.9 Å². The molecule has 8 heteroatoms. The number of nitrogens with zero attached hydrogens (tertiary/aromatic N) is 4. The SMILES string of the molecule is O=C(CCc1nc(-c2n[nH]c3c2CCCC3)no1)N1CCOCC1. The smallest absolute Gasteiger partial charge is 0.227 e. The fraction of sp³-hybridized carbons (Fsp3) is 0.625. The van der Waals surface area contributed by atoms with Crippen LogP contribution in [0.5, 0.6) is 0 Å². The number of H-pyrrole nitrogens is 1. The Morgan fingerprint density at radius 2 is 2.04 bits per heavy atom. The third-order valence-electron chi connectivity index (χ3n) is 4.65. The fourth-order valence-corrected chi connectivity index (χ4v) is 3.30. The molecule has 4 rings (SSSR count). The molecular weight excluding hydrogens is 310 g/mol. The molecule has 0 unspecified atom stereocenters. The summed E-state index contributed by atoms with van der Waals surface area (Å²) in [7, 11) is 0. The lowest BCUT2D eigenvalue weighted by molar-refractivity contribution is -0.135. The molecule has 1 amide bonds. The lowest BCUT2D eigenvalue weighted by atomic mass is 9.96. The van der Waals surface area contributed by atoms with Crippen molar-refractivity contribution in [2.75, 3.05) is 26.3 Å². The summed E-state index contributed by atoms with van der Waals surface area (Å²) >= 11 is 0. The molecule has 128 valence electrons. The highest BCUT2D eigenvalue weighted by atomic mass is 16.5. The third-order valence-corrected chi connectivity index (χ3v) is 4.65. The second-order valence-corrected chi connectivity index (χ2v) is 6.24. The number of aromatic amines is 1. The number of fused-ring (bicyclic) bond motifs is 1. The third kappa shape index (κ3) is 3.06. The monoisotopic (exact) mass is 331 g/mol. The molecule has 2 aromatic heterocycles. The highest BCUT2D eigenvalue weighted by Crippen LogP contribution is 2.27. The van der Waals surface area contributed by atoms with Crippen LogP contribution in [-0.2, 0) is 28.8 Å². The first-order chi connectivity index (χ1) is 11.8. The largest absolute Gasteiger partial charge is 0.378 e. The number of amides is 1. The maximum atomic E-state index is 12.2. The van der Waals surface area contributed by atoms with Crippen molar-refractivity contribution < 1.29 is 14.1 Å². The molecule has 3 heterocycles. The number of hydrogen-bond donors (Lipinski definition) is 1. The number of morpholine rings is 1. The molecule has 24 heavy (non-hydrogen) atoms. The van der Waals surface area contributed by atoms with Gasteiger partial charge in [-0.15, -0.1) is 0 Å². The second-order valence-electron chi connectivity index (χ2n) is 6.24. The molecular formula is C16H21N5O3. The van der Waals surface area contributed by atoms with Crippen LogP contribution in [0.15, 0.2) is 4.52 Å². The number of rotatable bonds is 4. The minimum absolute atomic E-state index is 0.107.